The normalized spacial score (nSPS) is 13.8. The van der Waals surface area contributed by atoms with E-state index in [1.165, 1.54) is 6.92 Å². The summed E-state index contributed by atoms with van der Waals surface area (Å²) in [4.78, 5) is 45.7. The Hall–Kier alpha value is -2.12. The first-order chi connectivity index (χ1) is 9.48. The van der Waals surface area contributed by atoms with Crippen molar-refractivity contribution in [3.63, 3.8) is 0 Å². The molecule has 0 saturated heterocycles. The molecule has 0 heterocycles. The maximum atomic E-state index is 11.8. The number of carboxylic acids is 1. The van der Waals surface area contributed by atoms with Crippen molar-refractivity contribution in [1.29, 1.82) is 0 Å². The zero-order chi connectivity index (χ0) is 16.8. The van der Waals surface area contributed by atoms with Crippen molar-refractivity contribution >= 4 is 23.8 Å². The summed E-state index contributed by atoms with van der Waals surface area (Å²) in [5.41, 5.74) is -0.674. The number of carboxylic acid groups (broad SMARTS) is 1. The number of methoxy groups -OCH3 is 1. The van der Waals surface area contributed by atoms with Crippen molar-refractivity contribution in [2.75, 3.05) is 7.11 Å². The number of hydrogen-bond acceptors (Lipinski definition) is 5. The van der Waals surface area contributed by atoms with Crippen molar-refractivity contribution in [2.24, 2.45) is 5.41 Å². The van der Waals surface area contributed by atoms with Gasteiger partial charge in [0.1, 0.15) is 12.1 Å². The van der Waals surface area contributed by atoms with E-state index in [9.17, 15) is 19.2 Å². The minimum atomic E-state index is -1.40. The number of carbonyl (C=O) groups excluding carboxylic acids is 3. The van der Waals surface area contributed by atoms with Crippen LogP contribution in [-0.2, 0) is 23.9 Å². The number of hydrogen-bond donors (Lipinski definition) is 3. The predicted octanol–water partition coefficient (Wildman–Crippen LogP) is -0.330. The van der Waals surface area contributed by atoms with Gasteiger partial charge in [0.2, 0.25) is 11.8 Å². The van der Waals surface area contributed by atoms with Gasteiger partial charge in [0.25, 0.3) is 0 Å². The van der Waals surface area contributed by atoms with Gasteiger partial charge in [-0.1, -0.05) is 20.8 Å². The van der Waals surface area contributed by atoms with Crippen LogP contribution in [0.1, 0.15) is 34.1 Å². The van der Waals surface area contributed by atoms with Gasteiger partial charge in [0, 0.05) is 5.41 Å². The number of rotatable bonds is 6. The summed E-state index contributed by atoms with van der Waals surface area (Å²) in [5, 5.41) is 13.6. The summed E-state index contributed by atoms with van der Waals surface area (Å²) < 4.78 is 4.36. The lowest BCUT2D eigenvalue weighted by Crippen LogP contribution is -2.52. The second-order valence-corrected chi connectivity index (χ2v) is 5.62. The van der Waals surface area contributed by atoms with E-state index in [4.69, 9.17) is 5.11 Å². The summed E-state index contributed by atoms with van der Waals surface area (Å²) in [6.45, 7) is 6.48. The van der Waals surface area contributed by atoms with Gasteiger partial charge in [-0.3, -0.25) is 14.4 Å². The highest BCUT2D eigenvalue weighted by Gasteiger charge is 2.28. The first kappa shape index (κ1) is 18.9. The molecule has 0 rings (SSSR count). The fourth-order valence-corrected chi connectivity index (χ4v) is 1.23. The molecule has 21 heavy (non-hydrogen) atoms. The molecule has 3 N–H and O–H groups in total. The quantitative estimate of drug-likeness (QED) is 0.578. The Morgan fingerprint density at radius 1 is 1.14 bits per heavy atom. The van der Waals surface area contributed by atoms with Gasteiger partial charge < -0.3 is 20.5 Å². The average molecular weight is 302 g/mol. The van der Waals surface area contributed by atoms with Gasteiger partial charge in [-0.15, -0.1) is 0 Å². The molecule has 120 valence electrons. The van der Waals surface area contributed by atoms with Crippen LogP contribution in [0.5, 0.6) is 0 Å². The highest BCUT2D eigenvalue weighted by Crippen LogP contribution is 2.12. The van der Waals surface area contributed by atoms with Crippen LogP contribution in [0.4, 0.5) is 0 Å². The van der Waals surface area contributed by atoms with Gasteiger partial charge in [0.15, 0.2) is 0 Å². The van der Waals surface area contributed by atoms with Crippen molar-refractivity contribution in [3.05, 3.63) is 0 Å². The molecule has 0 aliphatic rings. The van der Waals surface area contributed by atoms with E-state index in [-0.39, 0.29) is 5.91 Å². The minimum Gasteiger partial charge on any atom is -0.480 e. The smallest absolute Gasteiger partial charge is 0.326 e. The topological polar surface area (TPSA) is 122 Å². The molecule has 0 saturated carbocycles. The van der Waals surface area contributed by atoms with Crippen molar-refractivity contribution in [2.45, 2.75) is 46.2 Å². The second-order valence-electron chi connectivity index (χ2n) is 5.62. The van der Waals surface area contributed by atoms with Crippen LogP contribution in [0.3, 0.4) is 0 Å². The molecule has 0 bridgehead atoms. The molecule has 8 nitrogen and oxygen atoms in total. The first-order valence-corrected chi connectivity index (χ1v) is 6.40. The van der Waals surface area contributed by atoms with E-state index < -0.39 is 41.8 Å². The number of nitrogens with one attached hydrogen (secondary N) is 2. The maximum absolute atomic E-state index is 11.8. The summed E-state index contributed by atoms with van der Waals surface area (Å²) in [5.74, 6) is -3.15. The molecule has 2 atom stereocenters. The van der Waals surface area contributed by atoms with Gasteiger partial charge in [-0.05, 0) is 6.92 Å². The standard InChI is InChI=1S/C13H22N2O6/c1-7(14-12(20)13(2,3)4)10(17)15-8(11(18)19)6-9(16)21-5/h7-8H,6H2,1-5H3,(H,14,20)(H,15,17)(H,18,19)/t7?,8-/m0/s1. The van der Waals surface area contributed by atoms with Crippen molar-refractivity contribution in [1.82, 2.24) is 10.6 Å². The molecule has 0 aromatic carbocycles. The Morgan fingerprint density at radius 3 is 2.05 bits per heavy atom. The van der Waals surface area contributed by atoms with E-state index in [0.717, 1.165) is 7.11 Å². The van der Waals surface area contributed by atoms with Crippen LogP contribution >= 0.6 is 0 Å². The molecule has 2 amide bonds. The monoisotopic (exact) mass is 302 g/mol. The molecular formula is C13H22N2O6. The van der Waals surface area contributed by atoms with Crippen molar-refractivity contribution < 1.29 is 29.0 Å². The summed E-state index contributed by atoms with van der Waals surface area (Å²) >= 11 is 0. The van der Waals surface area contributed by atoms with E-state index in [2.05, 4.69) is 15.4 Å². The van der Waals surface area contributed by atoms with E-state index in [1.807, 2.05) is 0 Å². The lowest BCUT2D eigenvalue weighted by molar-refractivity contribution is -0.149. The minimum absolute atomic E-state index is 0.343. The Kier molecular flexibility index (Phi) is 6.84. The number of aliphatic carboxylic acids is 1. The highest BCUT2D eigenvalue weighted by molar-refractivity contribution is 5.92. The molecular weight excluding hydrogens is 280 g/mol. The summed E-state index contributed by atoms with van der Waals surface area (Å²) in [6.07, 6.45) is -0.489. The number of amides is 2. The number of ether oxygens (including phenoxy) is 1. The van der Waals surface area contributed by atoms with Gasteiger partial charge in [-0.25, -0.2) is 4.79 Å². The van der Waals surface area contributed by atoms with Gasteiger partial charge in [-0.2, -0.15) is 0 Å². The van der Waals surface area contributed by atoms with Crippen LogP contribution in [-0.4, -0.2) is 48.1 Å². The van der Waals surface area contributed by atoms with Gasteiger partial charge >= 0.3 is 11.9 Å². The molecule has 0 spiro atoms. The number of esters is 1. The molecule has 0 radical (unpaired) electrons. The van der Waals surface area contributed by atoms with Crippen LogP contribution in [0.25, 0.3) is 0 Å². The average Bonchev–Trinajstić information content (AvgIpc) is 2.35. The lowest BCUT2D eigenvalue weighted by Gasteiger charge is -2.22. The van der Waals surface area contributed by atoms with Crippen LogP contribution in [0.2, 0.25) is 0 Å². The van der Waals surface area contributed by atoms with Crippen LogP contribution < -0.4 is 10.6 Å². The number of carbonyl (C=O) groups is 4. The van der Waals surface area contributed by atoms with Crippen LogP contribution in [0, 0.1) is 5.41 Å². The summed E-state index contributed by atoms with van der Waals surface area (Å²) in [7, 11) is 1.12. The largest absolute Gasteiger partial charge is 0.480 e. The van der Waals surface area contributed by atoms with Gasteiger partial charge in [0.05, 0.1) is 13.5 Å². The third kappa shape index (κ3) is 6.73. The SMILES string of the molecule is COC(=O)C[C@H](NC(=O)C(C)NC(=O)C(C)(C)C)C(=O)O. The van der Waals surface area contributed by atoms with Crippen molar-refractivity contribution in [3.8, 4) is 0 Å². The third-order valence-electron chi connectivity index (χ3n) is 2.64. The Labute approximate surface area is 123 Å². The third-order valence-corrected chi connectivity index (χ3v) is 2.64. The summed E-state index contributed by atoms with van der Waals surface area (Å²) in [6, 6.07) is -2.32. The molecule has 1 unspecified atom stereocenters. The fourth-order valence-electron chi connectivity index (χ4n) is 1.23. The molecule has 0 aliphatic carbocycles. The first-order valence-electron chi connectivity index (χ1n) is 6.40. The molecule has 0 aromatic heterocycles. The molecule has 0 fully saturated rings. The van der Waals surface area contributed by atoms with Crippen LogP contribution in [0.15, 0.2) is 0 Å². The predicted molar refractivity (Wildman–Crippen MR) is 73.3 cm³/mol. The maximum Gasteiger partial charge on any atom is 0.326 e. The Morgan fingerprint density at radius 2 is 1.67 bits per heavy atom. The molecule has 0 aliphatic heterocycles. The molecule has 8 heteroatoms. The zero-order valence-electron chi connectivity index (χ0n) is 12.9. The fraction of sp³-hybridized carbons (Fsp3) is 0.692. The Bertz CT molecular complexity index is 427. The van der Waals surface area contributed by atoms with E-state index in [1.54, 1.807) is 20.8 Å². The van der Waals surface area contributed by atoms with E-state index in [0.29, 0.717) is 0 Å². The zero-order valence-corrected chi connectivity index (χ0v) is 12.9. The second kappa shape index (κ2) is 7.61. The molecule has 0 aromatic rings. The Balaban J connectivity index is 4.66. The van der Waals surface area contributed by atoms with E-state index >= 15 is 0 Å². The highest BCUT2D eigenvalue weighted by atomic mass is 16.5. The lowest BCUT2D eigenvalue weighted by atomic mass is 9.95.